The van der Waals surface area contributed by atoms with E-state index in [9.17, 15) is 13.2 Å². The van der Waals surface area contributed by atoms with Crippen LogP contribution < -0.4 is 14.5 Å². The zero-order valence-corrected chi connectivity index (χ0v) is 22.5. The largest absolute Gasteiger partial charge is 0.497 e. The van der Waals surface area contributed by atoms with Gasteiger partial charge in [-0.3, -0.25) is 4.79 Å². The minimum Gasteiger partial charge on any atom is -0.497 e. The minimum absolute atomic E-state index is 0.0809. The molecule has 3 aromatic carbocycles. The summed E-state index contributed by atoms with van der Waals surface area (Å²) in [5, 5.41) is 0.989. The molecule has 11 heteroatoms. The Morgan fingerprint density at radius 3 is 2.29 bits per heavy atom. The van der Waals surface area contributed by atoms with Crippen molar-refractivity contribution in [2.45, 2.75) is 18.4 Å². The average molecular weight is 571 g/mol. The van der Waals surface area contributed by atoms with Crippen LogP contribution in [-0.4, -0.2) is 25.1 Å². The van der Waals surface area contributed by atoms with E-state index in [2.05, 4.69) is 4.98 Å². The van der Waals surface area contributed by atoms with Crippen molar-refractivity contribution in [3.8, 4) is 22.8 Å². The summed E-state index contributed by atoms with van der Waals surface area (Å²) < 4.78 is 44.4. The third-order valence-electron chi connectivity index (χ3n) is 5.85. The number of hydrogen-bond acceptors (Lipinski definition) is 7. The Balaban J connectivity index is 1.77. The first-order valence-corrected chi connectivity index (χ1v) is 13.4. The van der Waals surface area contributed by atoms with Crippen molar-refractivity contribution < 1.29 is 21.8 Å². The standard InChI is InChI=1S/C27H20Cl2N2O6S/c1-16-30-23(15-36-16)25-26(37-38(33,34)21-10-5-18(28)6-11-21)22-13-19(29)7-12-24(22)31(27(25)32)14-17-3-8-20(35-2)9-4-17/h3-13,15H,14H2,1-2H3. The SMILES string of the molecule is COc1ccc(Cn2c(=O)c(-c3coc(C)n3)c(OS(=O)(=O)c3ccc(Cl)cc3)c3cc(Cl)ccc32)cc1. The van der Waals surface area contributed by atoms with Gasteiger partial charge in [-0.2, -0.15) is 8.42 Å². The number of halogens is 2. The third-order valence-corrected chi connectivity index (χ3v) is 7.57. The van der Waals surface area contributed by atoms with E-state index in [4.69, 9.17) is 36.5 Å². The van der Waals surface area contributed by atoms with E-state index >= 15 is 0 Å². The predicted molar refractivity (Wildman–Crippen MR) is 145 cm³/mol. The van der Waals surface area contributed by atoms with Gasteiger partial charge < -0.3 is 17.9 Å². The molecule has 0 aliphatic rings. The van der Waals surface area contributed by atoms with Gasteiger partial charge in [0.1, 0.15) is 28.2 Å². The zero-order valence-electron chi connectivity index (χ0n) is 20.1. The van der Waals surface area contributed by atoms with Gasteiger partial charge in [0.05, 0.1) is 19.2 Å². The first kappa shape index (κ1) is 25.8. The maximum Gasteiger partial charge on any atom is 0.339 e. The highest BCUT2D eigenvalue weighted by Crippen LogP contribution is 2.37. The van der Waals surface area contributed by atoms with Gasteiger partial charge in [0.15, 0.2) is 11.6 Å². The van der Waals surface area contributed by atoms with Crippen LogP contribution in [0.4, 0.5) is 0 Å². The lowest BCUT2D eigenvalue weighted by Gasteiger charge is -2.18. The average Bonchev–Trinajstić information content (AvgIpc) is 3.32. The van der Waals surface area contributed by atoms with Crippen molar-refractivity contribution in [1.29, 1.82) is 0 Å². The van der Waals surface area contributed by atoms with E-state index in [-0.39, 0.29) is 28.4 Å². The van der Waals surface area contributed by atoms with Gasteiger partial charge in [-0.05, 0) is 60.2 Å². The summed E-state index contributed by atoms with van der Waals surface area (Å²) in [6.07, 6.45) is 1.28. The smallest absolute Gasteiger partial charge is 0.339 e. The van der Waals surface area contributed by atoms with Crippen LogP contribution in [0.25, 0.3) is 22.2 Å². The Kier molecular flexibility index (Phi) is 6.92. The number of fused-ring (bicyclic) bond motifs is 1. The van der Waals surface area contributed by atoms with E-state index in [1.54, 1.807) is 44.4 Å². The van der Waals surface area contributed by atoms with E-state index in [1.165, 1.54) is 35.1 Å². The number of aryl methyl sites for hydroxylation is 1. The minimum atomic E-state index is -4.38. The second kappa shape index (κ2) is 10.2. The number of nitrogens with zero attached hydrogens (tertiary/aromatic N) is 2. The maximum absolute atomic E-state index is 14.0. The van der Waals surface area contributed by atoms with Crippen LogP contribution in [0.5, 0.6) is 11.5 Å². The van der Waals surface area contributed by atoms with Crippen LogP contribution in [-0.2, 0) is 16.7 Å². The molecular formula is C27H20Cl2N2O6S. The number of methoxy groups -OCH3 is 1. The molecule has 0 N–H and O–H groups in total. The molecule has 0 amide bonds. The van der Waals surface area contributed by atoms with Crippen molar-refractivity contribution >= 4 is 44.2 Å². The summed E-state index contributed by atoms with van der Waals surface area (Å²) in [4.78, 5) is 18.2. The van der Waals surface area contributed by atoms with Crippen LogP contribution in [0.1, 0.15) is 11.5 Å². The molecule has 0 aliphatic heterocycles. The molecule has 5 rings (SSSR count). The van der Waals surface area contributed by atoms with Gasteiger partial charge in [-0.1, -0.05) is 35.3 Å². The number of benzene rings is 3. The fraction of sp³-hybridized carbons (Fsp3) is 0.111. The van der Waals surface area contributed by atoms with Crippen LogP contribution in [0, 0.1) is 6.92 Å². The van der Waals surface area contributed by atoms with Gasteiger partial charge in [0.2, 0.25) is 0 Å². The molecule has 0 spiro atoms. The molecule has 0 fully saturated rings. The number of hydrogen-bond donors (Lipinski definition) is 0. The van der Waals surface area contributed by atoms with Crippen molar-refractivity contribution in [1.82, 2.24) is 9.55 Å². The molecule has 2 aromatic heterocycles. The summed E-state index contributed by atoms with van der Waals surface area (Å²) in [7, 11) is -2.81. The molecule has 8 nitrogen and oxygen atoms in total. The van der Waals surface area contributed by atoms with Crippen molar-refractivity contribution in [2.24, 2.45) is 0 Å². The molecule has 0 bridgehead atoms. The van der Waals surface area contributed by atoms with E-state index < -0.39 is 15.7 Å². The summed E-state index contributed by atoms with van der Waals surface area (Å²) in [5.74, 6) is 0.758. The van der Waals surface area contributed by atoms with Crippen molar-refractivity contribution in [3.05, 3.63) is 105 Å². The second-order valence-electron chi connectivity index (χ2n) is 8.35. The lowest BCUT2D eigenvalue weighted by molar-refractivity contribution is 0.414. The molecule has 5 aromatic rings. The van der Waals surface area contributed by atoms with E-state index in [0.717, 1.165) is 5.56 Å². The summed E-state index contributed by atoms with van der Waals surface area (Å²) in [6.45, 7) is 1.79. The fourth-order valence-corrected chi connectivity index (χ4v) is 5.28. The summed E-state index contributed by atoms with van der Waals surface area (Å²) in [5.41, 5.74) is 0.751. The van der Waals surface area contributed by atoms with Gasteiger partial charge in [0.25, 0.3) is 5.56 Å². The van der Waals surface area contributed by atoms with Crippen LogP contribution >= 0.6 is 23.2 Å². The maximum atomic E-state index is 14.0. The first-order chi connectivity index (χ1) is 18.2. The van der Waals surface area contributed by atoms with Gasteiger partial charge >= 0.3 is 10.1 Å². The molecule has 0 radical (unpaired) electrons. The van der Waals surface area contributed by atoms with Crippen LogP contribution in [0.15, 0.2) is 87.1 Å². The number of oxazole rings is 1. The summed E-state index contributed by atoms with van der Waals surface area (Å²) >= 11 is 12.3. The lowest BCUT2D eigenvalue weighted by atomic mass is 10.1. The van der Waals surface area contributed by atoms with Gasteiger partial charge in [0, 0.05) is 22.4 Å². The normalized spacial score (nSPS) is 11.6. The van der Waals surface area contributed by atoms with Gasteiger partial charge in [-0.25, -0.2) is 4.98 Å². The van der Waals surface area contributed by atoms with E-state index in [0.29, 0.717) is 32.6 Å². The molecule has 0 unspecified atom stereocenters. The van der Waals surface area contributed by atoms with Crippen LogP contribution in [0.3, 0.4) is 0 Å². The quantitative estimate of drug-likeness (QED) is 0.218. The highest BCUT2D eigenvalue weighted by atomic mass is 35.5. The Bertz CT molecular complexity index is 1810. The first-order valence-electron chi connectivity index (χ1n) is 11.3. The number of ether oxygens (including phenoxy) is 1. The van der Waals surface area contributed by atoms with Gasteiger partial charge in [-0.15, -0.1) is 0 Å². The Morgan fingerprint density at radius 1 is 0.974 bits per heavy atom. The van der Waals surface area contributed by atoms with Crippen molar-refractivity contribution in [2.75, 3.05) is 7.11 Å². The lowest BCUT2D eigenvalue weighted by Crippen LogP contribution is -2.25. The fourth-order valence-electron chi connectivity index (χ4n) is 4.02. The molecular weight excluding hydrogens is 551 g/mol. The molecule has 0 saturated heterocycles. The topological polar surface area (TPSA) is 101 Å². The van der Waals surface area contributed by atoms with Crippen molar-refractivity contribution in [3.63, 3.8) is 0 Å². The zero-order chi connectivity index (χ0) is 27.0. The highest BCUT2D eigenvalue weighted by molar-refractivity contribution is 7.87. The second-order valence-corrected chi connectivity index (χ2v) is 10.8. The molecule has 0 aliphatic carbocycles. The Labute approximate surface area is 228 Å². The number of rotatable bonds is 7. The van der Waals surface area contributed by atoms with Crippen LogP contribution in [0.2, 0.25) is 10.0 Å². The Hall–Kier alpha value is -3.79. The Morgan fingerprint density at radius 2 is 1.66 bits per heavy atom. The number of aromatic nitrogens is 2. The molecule has 0 saturated carbocycles. The summed E-state index contributed by atoms with van der Waals surface area (Å²) in [6, 6.07) is 17.6. The molecule has 2 heterocycles. The molecule has 38 heavy (non-hydrogen) atoms. The van der Waals surface area contributed by atoms with E-state index in [1.807, 2.05) is 12.1 Å². The predicted octanol–water partition coefficient (Wildman–Crippen LogP) is 6.10. The molecule has 0 atom stereocenters. The number of pyridine rings is 1. The molecule has 194 valence electrons. The highest BCUT2D eigenvalue weighted by Gasteiger charge is 2.27. The monoisotopic (exact) mass is 570 g/mol. The third kappa shape index (κ3) is 5.00.